The SMILES string of the molecule is O=C(c1ccc(Br)c(Cl)c1)c1cc(Cl)sc1Cl. The average molecular weight is 370 g/mol. The molecular formula is C11H4BrCl3OS. The van der Waals surface area contributed by atoms with Gasteiger partial charge in [0, 0.05) is 10.0 Å². The van der Waals surface area contributed by atoms with Gasteiger partial charge in [-0.25, -0.2) is 0 Å². The van der Waals surface area contributed by atoms with Crippen LogP contribution in [0.2, 0.25) is 13.7 Å². The minimum absolute atomic E-state index is 0.187. The second kappa shape index (κ2) is 5.29. The standard InChI is InChI=1S/C11H4BrCl3OS/c12-7-2-1-5(3-8(7)13)10(16)6-4-9(14)17-11(6)15/h1-4H. The fourth-order valence-corrected chi connectivity index (χ4v) is 3.17. The van der Waals surface area contributed by atoms with Gasteiger partial charge in [0.25, 0.3) is 0 Å². The van der Waals surface area contributed by atoms with Crippen LogP contribution in [0.5, 0.6) is 0 Å². The fraction of sp³-hybridized carbons (Fsp3) is 0. The van der Waals surface area contributed by atoms with Crippen molar-refractivity contribution in [3.8, 4) is 0 Å². The predicted octanol–water partition coefficient (Wildman–Crippen LogP) is 5.70. The molecule has 0 unspecified atom stereocenters. The quantitative estimate of drug-likeness (QED) is 0.620. The van der Waals surface area contributed by atoms with Gasteiger partial charge in [-0.2, -0.15) is 0 Å². The molecule has 0 aliphatic rings. The maximum atomic E-state index is 12.1. The molecule has 1 heterocycles. The molecule has 0 bridgehead atoms. The predicted molar refractivity (Wildman–Crippen MR) is 76.9 cm³/mol. The summed E-state index contributed by atoms with van der Waals surface area (Å²) in [5.74, 6) is -0.187. The Balaban J connectivity index is 2.44. The first-order chi connectivity index (χ1) is 7.99. The van der Waals surface area contributed by atoms with Crippen molar-refractivity contribution in [2.24, 2.45) is 0 Å². The lowest BCUT2D eigenvalue weighted by Gasteiger charge is -2.01. The van der Waals surface area contributed by atoms with Crippen LogP contribution in [0, 0.1) is 0 Å². The summed E-state index contributed by atoms with van der Waals surface area (Å²) in [6.07, 6.45) is 0. The molecule has 2 aromatic rings. The molecule has 1 aromatic heterocycles. The van der Waals surface area contributed by atoms with E-state index in [1.165, 1.54) is 11.3 Å². The van der Waals surface area contributed by atoms with E-state index in [4.69, 9.17) is 34.8 Å². The molecule has 0 saturated carbocycles. The number of thiophene rings is 1. The van der Waals surface area contributed by atoms with Crippen molar-refractivity contribution in [1.29, 1.82) is 0 Å². The van der Waals surface area contributed by atoms with E-state index in [1.54, 1.807) is 24.3 Å². The van der Waals surface area contributed by atoms with Gasteiger partial charge in [-0.05, 0) is 40.2 Å². The molecule has 1 nitrogen and oxygen atoms in total. The lowest BCUT2D eigenvalue weighted by Crippen LogP contribution is -2.00. The zero-order valence-corrected chi connectivity index (χ0v) is 12.8. The van der Waals surface area contributed by atoms with Crippen molar-refractivity contribution in [3.05, 3.63) is 53.6 Å². The monoisotopic (exact) mass is 368 g/mol. The van der Waals surface area contributed by atoms with Gasteiger partial charge in [0.05, 0.1) is 14.9 Å². The van der Waals surface area contributed by atoms with E-state index in [0.717, 1.165) is 4.47 Å². The molecule has 0 aliphatic heterocycles. The van der Waals surface area contributed by atoms with Crippen molar-refractivity contribution in [2.75, 3.05) is 0 Å². The van der Waals surface area contributed by atoms with Crippen LogP contribution in [0.3, 0.4) is 0 Å². The minimum atomic E-state index is -0.187. The largest absolute Gasteiger partial charge is 0.289 e. The van der Waals surface area contributed by atoms with Crippen LogP contribution in [0.15, 0.2) is 28.7 Å². The number of carbonyl (C=O) groups is 1. The molecular weight excluding hydrogens is 366 g/mol. The summed E-state index contributed by atoms with van der Waals surface area (Å²) in [6, 6.07) is 6.56. The number of carbonyl (C=O) groups excluding carboxylic acids is 1. The Bertz CT molecular complexity index is 594. The van der Waals surface area contributed by atoms with E-state index in [9.17, 15) is 4.79 Å². The minimum Gasteiger partial charge on any atom is -0.289 e. The highest BCUT2D eigenvalue weighted by molar-refractivity contribution is 9.10. The van der Waals surface area contributed by atoms with Crippen LogP contribution in [0.25, 0.3) is 0 Å². The van der Waals surface area contributed by atoms with Gasteiger partial charge in [0.2, 0.25) is 0 Å². The second-order valence-corrected chi connectivity index (χ2v) is 6.74. The van der Waals surface area contributed by atoms with Gasteiger partial charge < -0.3 is 0 Å². The van der Waals surface area contributed by atoms with E-state index in [1.807, 2.05) is 0 Å². The summed E-state index contributed by atoms with van der Waals surface area (Å²) < 4.78 is 1.62. The topological polar surface area (TPSA) is 17.1 Å². The molecule has 88 valence electrons. The number of rotatable bonds is 2. The maximum absolute atomic E-state index is 12.1. The van der Waals surface area contributed by atoms with Crippen LogP contribution in [-0.2, 0) is 0 Å². The Morgan fingerprint density at radius 1 is 1.18 bits per heavy atom. The Hall–Kier alpha value is -0.0600. The molecule has 0 saturated heterocycles. The molecule has 0 aliphatic carbocycles. The number of halogens is 4. The molecule has 0 atom stereocenters. The molecule has 17 heavy (non-hydrogen) atoms. The smallest absolute Gasteiger partial charge is 0.195 e. The molecule has 0 fully saturated rings. The van der Waals surface area contributed by atoms with E-state index in [0.29, 0.717) is 24.8 Å². The normalized spacial score (nSPS) is 10.6. The van der Waals surface area contributed by atoms with Crippen molar-refractivity contribution in [1.82, 2.24) is 0 Å². The molecule has 0 spiro atoms. The van der Waals surface area contributed by atoms with E-state index >= 15 is 0 Å². The van der Waals surface area contributed by atoms with Gasteiger partial charge in [0.1, 0.15) is 4.34 Å². The Morgan fingerprint density at radius 3 is 2.41 bits per heavy atom. The van der Waals surface area contributed by atoms with Crippen LogP contribution >= 0.6 is 62.1 Å². The Labute approximate surface area is 125 Å². The zero-order valence-electron chi connectivity index (χ0n) is 8.14. The van der Waals surface area contributed by atoms with Crippen molar-refractivity contribution >= 4 is 67.9 Å². The summed E-state index contributed by atoms with van der Waals surface area (Å²) in [4.78, 5) is 12.1. The third-order valence-corrected chi connectivity index (χ3v) is 4.80. The number of hydrogen-bond donors (Lipinski definition) is 0. The Kier molecular flexibility index (Phi) is 4.16. The zero-order chi connectivity index (χ0) is 12.6. The molecule has 0 radical (unpaired) electrons. The molecule has 1 aromatic carbocycles. The van der Waals surface area contributed by atoms with Gasteiger partial charge in [-0.3, -0.25) is 4.79 Å². The van der Waals surface area contributed by atoms with Crippen molar-refractivity contribution in [2.45, 2.75) is 0 Å². The highest BCUT2D eigenvalue weighted by Crippen LogP contribution is 2.33. The summed E-state index contributed by atoms with van der Waals surface area (Å²) in [5.41, 5.74) is 0.884. The van der Waals surface area contributed by atoms with Crippen molar-refractivity contribution < 1.29 is 4.79 Å². The molecule has 0 N–H and O–H groups in total. The summed E-state index contributed by atoms with van der Waals surface area (Å²) in [5, 5.41) is 0.480. The lowest BCUT2D eigenvalue weighted by atomic mass is 10.1. The van der Waals surface area contributed by atoms with Gasteiger partial charge in [0.15, 0.2) is 5.78 Å². The summed E-state index contributed by atoms with van der Waals surface area (Å²) in [6.45, 7) is 0. The van der Waals surface area contributed by atoms with Crippen LogP contribution in [0.4, 0.5) is 0 Å². The average Bonchev–Trinajstić information content (AvgIpc) is 2.61. The fourth-order valence-electron chi connectivity index (χ4n) is 1.29. The third-order valence-electron chi connectivity index (χ3n) is 2.08. The van der Waals surface area contributed by atoms with E-state index < -0.39 is 0 Å². The van der Waals surface area contributed by atoms with Crippen LogP contribution in [0.1, 0.15) is 15.9 Å². The third kappa shape index (κ3) is 2.85. The van der Waals surface area contributed by atoms with E-state index in [-0.39, 0.29) is 5.78 Å². The number of benzene rings is 1. The van der Waals surface area contributed by atoms with Crippen molar-refractivity contribution in [3.63, 3.8) is 0 Å². The molecule has 0 amide bonds. The lowest BCUT2D eigenvalue weighted by molar-refractivity contribution is 0.103. The number of hydrogen-bond acceptors (Lipinski definition) is 2. The van der Waals surface area contributed by atoms with Gasteiger partial charge >= 0.3 is 0 Å². The Morgan fingerprint density at radius 2 is 1.88 bits per heavy atom. The highest BCUT2D eigenvalue weighted by Gasteiger charge is 2.16. The molecule has 2 rings (SSSR count). The first-order valence-corrected chi connectivity index (χ1v) is 7.18. The second-order valence-electron chi connectivity index (χ2n) is 3.20. The summed E-state index contributed by atoms with van der Waals surface area (Å²) >= 11 is 22.1. The van der Waals surface area contributed by atoms with Gasteiger partial charge in [-0.15, -0.1) is 11.3 Å². The molecule has 6 heteroatoms. The first-order valence-electron chi connectivity index (χ1n) is 4.43. The first kappa shape index (κ1) is 13.4. The van der Waals surface area contributed by atoms with Crippen LogP contribution < -0.4 is 0 Å². The van der Waals surface area contributed by atoms with Crippen LogP contribution in [-0.4, -0.2) is 5.78 Å². The van der Waals surface area contributed by atoms with E-state index in [2.05, 4.69) is 15.9 Å². The summed E-state index contributed by atoms with van der Waals surface area (Å²) in [7, 11) is 0. The van der Waals surface area contributed by atoms with Gasteiger partial charge in [-0.1, -0.05) is 34.8 Å². The number of ketones is 1. The highest BCUT2D eigenvalue weighted by atomic mass is 79.9. The maximum Gasteiger partial charge on any atom is 0.195 e.